The highest BCUT2D eigenvalue weighted by atomic mass is 13.7. The smallest absolute Gasteiger partial charge is 0 e. The lowest BCUT2D eigenvalue weighted by molar-refractivity contribution is 0.737. The molecule has 0 aliphatic carbocycles. The van der Waals surface area contributed by atoms with Crippen molar-refractivity contribution < 1.29 is 0 Å². The third kappa shape index (κ3) is 17000. The van der Waals surface area contributed by atoms with Crippen LogP contribution in [0.15, 0.2) is 0 Å². The summed E-state index contributed by atoms with van der Waals surface area (Å²) in [6.07, 6.45) is 2.50. The zero-order chi connectivity index (χ0) is 13.7. The van der Waals surface area contributed by atoms with Gasteiger partial charge in [0.05, 0.1) is 0 Å². The van der Waals surface area contributed by atoms with Crippen molar-refractivity contribution in [3.8, 4) is 0 Å². The quantitative estimate of drug-likeness (QED) is 0.539. The number of hydrogen-bond acceptors (Lipinski definition) is 0. The minimum Gasteiger partial charge on any atom is -0.0656 e. The van der Waals surface area contributed by atoms with Crippen LogP contribution in [0.4, 0.5) is 0 Å². The summed E-state index contributed by atoms with van der Waals surface area (Å²) in [5.74, 6) is 0.833. The molecule has 12 radical (unpaired) electrons. The molecule has 84 valence electrons. The van der Waals surface area contributed by atoms with Crippen molar-refractivity contribution in [3.63, 3.8) is 0 Å². The maximum Gasteiger partial charge on any atom is 0 e. The van der Waals surface area contributed by atoms with Crippen LogP contribution in [0.5, 0.6) is 0 Å². The van der Waals surface area contributed by atoms with E-state index in [-0.39, 0.29) is 8.41 Å². The summed E-state index contributed by atoms with van der Waals surface area (Å²) < 4.78 is 0. The SMILES string of the molecule is CC(C)C.CCC.CCC.[B].[B][B].[B][B][B]. The van der Waals surface area contributed by atoms with Crippen LogP contribution < -0.4 is 0 Å². The van der Waals surface area contributed by atoms with Gasteiger partial charge >= 0.3 is 0 Å². The van der Waals surface area contributed by atoms with Crippen LogP contribution >= 0.6 is 0 Å². The zero-order valence-electron chi connectivity index (χ0n) is 12.5. The predicted molar refractivity (Wildman–Crippen MR) is 87.0 cm³/mol. The van der Waals surface area contributed by atoms with E-state index in [1.165, 1.54) is 12.8 Å². The fraction of sp³-hybridized carbons (Fsp3) is 1.00. The Bertz CT molecular complexity index is 36.8. The molecule has 0 N–H and O–H groups in total. The molecule has 0 spiro atoms. The average Bonchev–Trinajstić information content (AvgIpc) is 2.09. The minimum absolute atomic E-state index is 0. The molecule has 0 amide bonds. The second kappa shape index (κ2) is 78.1. The Labute approximate surface area is 114 Å². The first-order valence-corrected chi connectivity index (χ1v) is 5.56. The van der Waals surface area contributed by atoms with Gasteiger partial charge in [-0.3, -0.25) is 0 Å². The molecule has 0 unspecified atom stereocenters. The van der Waals surface area contributed by atoms with Crippen molar-refractivity contribution in [2.45, 2.75) is 61.3 Å². The Hall–Kier alpha value is 0.390. The normalized spacial score (nSPS) is 5.50. The van der Waals surface area contributed by atoms with E-state index >= 15 is 0 Å². The van der Waals surface area contributed by atoms with Crippen LogP contribution in [-0.2, 0) is 0 Å². The molecule has 0 heterocycles. The van der Waals surface area contributed by atoms with Crippen molar-refractivity contribution in [2.75, 3.05) is 0 Å². The Morgan fingerprint density at radius 2 is 0.812 bits per heavy atom. The van der Waals surface area contributed by atoms with Gasteiger partial charge in [0.25, 0.3) is 0 Å². The summed E-state index contributed by atoms with van der Waals surface area (Å²) in [6, 6.07) is 0. The molecule has 0 atom stereocenters. The lowest BCUT2D eigenvalue weighted by atomic mass is 9.40. The van der Waals surface area contributed by atoms with E-state index in [0.717, 1.165) is 13.0 Å². The van der Waals surface area contributed by atoms with Crippen LogP contribution in [0.3, 0.4) is 0 Å². The van der Waals surface area contributed by atoms with E-state index in [4.69, 9.17) is 0 Å². The van der Waals surface area contributed by atoms with Crippen LogP contribution in [0.25, 0.3) is 0 Å². The highest BCUT2D eigenvalue weighted by Crippen LogP contribution is 1.81. The van der Waals surface area contributed by atoms with Crippen LogP contribution in [0.2, 0.25) is 0 Å². The molecule has 0 nitrogen and oxygen atoms in total. The molecule has 6 heteroatoms. The summed E-state index contributed by atoms with van der Waals surface area (Å²) in [6.45, 7) is 15.0. The van der Waals surface area contributed by atoms with Crippen molar-refractivity contribution in [1.29, 1.82) is 0 Å². The fourth-order valence-electron chi connectivity index (χ4n) is 0. The molecule has 0 saturated carbocycles. The molecule has 16 heavy (non-hydrogen) atoms. The summed E-state index contributed by atoms with van der Waals surface area (Å²) in [7, 11) is 18.0. The maximum atomic E-state index is 4.50. The molecule has 0 rings (SSSR count). The Kier molecular flexibility index (Phi) is 175. The lowest BCUT2D eigenvalue weighted by Crippen LogP contribution is -1.79. The van der Waals surface area contributed by atoms with E-state index in [0.29, 0.717) is 0 Å². The second-order valence-corrected chi connectivity index (χ2v) is 3.34. The topological polar surface area (TPSA) is 0 Å². The van der Waals surface area contributed by atoms with Crippen LogP contribution in [-0.4, -0.2) is 46.4 Å². The summed E-state index contributed by atoms with van der Waals surface area (Å²) in [5.41, 5.74) is 0. The van der Waals surface area contributed by atoms with E-state index in [2.05, 4.69) is 79.4 Å². The molecular formula is C10H26B6. The summed E-state index contributed by atoms with van der Waals surface area (Å²) >= 11 is 0. The first-order chi connectivity index (χ1) is 6.97. The standard InChI is InChI=1S/C4H10.2C3H8.B3.B2.B/c1-4(2)3;3*1-3-2;1-2;/h4H,1-3H3;2*3H2,1-2H3;;;. The molecule has 0 fully saturated rings. The van der Waals surface area contributed by atoms with E-state index < -0.39 is 0 Å². The van der Waals surface area contributed by atoms with Gasteiger partial charge in [-0.1, -0.05) is 61.3 Å². The molecule has 0 aromatic carbocycles. The van der Waals surface area contributed by atoms with Crippen molar-refractivity contribution in [2.24, 2.45) is 5.92 Å². The highest BCUT2D eigenvalue weighted by molar-refractivity contribution is 7.17. The van der Waals surface area contributed by atoms with Gasteiger partial charge in [0.15, 0.2) is 0 Å². The van der Waals surface area contributed by atoms with Crippen molar-refractivity contribution in [3.05, 3.63) is 0 Å². The molecule has 0 aromatic rings. The van der Waals surface area contributed by atoms with Gasteiger partial charge in [-0.25, -0.2) is 0 Å². The van der Waals surface area contributed by atoms with Gasteiger partial charge in [0.2, 0.25) is 0 Å². The van der Waals surface area contributed by atoms with Crippen molar-refractivity contribution in [1.82, 2.24) is 0 Å². The molecule has 0 aliphatic heterocycles. The summed E-state index contributed by atoms with van der Waals surface area (Å²) in [4.78, 5) is 0. The van der Waals surface area contributed by atoms with Gasteiger partial charge in [-0.05, 0) is 5.92 Å². The number of hydrogen-bond donors (Lipinski definition) is 0. The number of rotatable bonds is 0. The van der Waals surface area contributed by atoms with Gasteiger partial charge in [0.1, 0.15) is 0 Å². The third-order valence-corrected chi connectivity index (χ3v) is 0. The Morgan fingerprint density at radius 3 is 0.812 bits per heavy atom. The monoisotopic (exact) mass is 212 g/mol. The second-order valence-electron chi connectivity index (χ2n) is 3.34. The van der Waals surface area contributed by atoms with Gasteiger partial charge in [0, 0.05) is 46.4 Å². The molecule has 0 aliphatic rings. The molecule has 0 bridgehead atoms. The van der Waals surface area contributed by atoms with Gasteiger partial charge < -0.3 is 0 Å². The van der Waals surface area contributed by atoms with Crippen molar-refractivity contribution >= 4 is 46.4 Å². The highest BCUT2D eigenvalue weighted by Gasteiger charge is 1.68. The van der Waals surface area contributed by atoms with Gasteiger partial charge in [-0.2, -0.15) is 0 Å². The summed E-state index contributed by atoms with van der Waals surface area (Å²) in [5, 5.41) is 0. The first-order valence-electron chi connectivity index (χ1n) is 5.56. The maximum absolute atomic E-state index is 4.50. The molecule has 0 aromatic heterocycles. The van der Waals surface area contributed by atoms with Crippen LogP contribution in [0, 0.1) is 5.92 Å². The molecule has 0 saturated heterocycles. The van der Waals surface area contributed by atoms with Gasteiger partial charge in [-0.15, -0.1) is 0 Å². The predicted octanol–water partition coefficient (Wildman–Crippen LogP) is 2.21. The lowest BCUT2D eigenvalue weighted by Gasteiger charge is -1.79. The fourth-order valence-corrected chi connectivity index (χ4v) is 0. The van der Waals surface area contributed by atoms with E-state index in [1.54, 1.807) is 0 Å². The van der Waals surface area contributed by atoms with E-state index in [9.17, 15) is 0 Å². The largest absolute Gasteiger partial charge is 0.0656 e. The third-order valence-electron chi connectivity index (χ3n) is 0. The Morgan fingerprint density at radius 1 is 0.812 bits per heavy atom. The molecular weight excluding hydrogens is 185 g/mol. The zero-order valence-corrected chi connectivity index (χ0v) is 12.5. The van der Waals surface area contributed by atoms with Crippen LogP contribution in [0.1, 0.15) is 61.3 Å². The minimum atomic E-state index is 0. The van der Waals surface area contributed by atoms with E-state index in [1.807, 2.05) is 0 Å². The average molecular weight is 211 g/mol. The first kappa shape index (κ1) is 36.0. The Balaban J connectivity index is -0.0000000196.